The second-order valence-corrected chi connectivity index (χ2v) is 7.45. The summed E-state index contributed by atoms with van der Waals surface area (Å²) in [5.74, 6) is -0.642. The van der Waals surface area contributed by atoms with Crippen LogP contribution >= 0.6 is 27.3 Å². The first kappa shape index (κ1) is 15.4. The van der Waals surface area contributed by atoms with E-state index in [9.17, 15) is 9.18 Å². The Hall–Kier alpha value is -1.01. The second kappa shape index (κ2) is 5.41. The van der Waals surface area contributed by atoms with Gasteiger partial charge in [-0.1, -0.05) is 0 Å². The number of ether oxygens (including phenoxy) is 1. The van der Waals surface area contributed by atoms with Crippen LogP contribution in [0.4, 0.5) is 4.39 Å². The normalized spacial score (nSPS) is 11.9. The third-order valence-corrected chi connectivity index (χ3v) is 4.23. The van der Waals surface area contributed by atoms with Gasteiger partial charge in [0.05, 0.1) is 21.1 Å². The van der Waals surface area contributed by atoms with Gasteiger partial charge in [0.25, 0.3) is 0 Å². The van der Waals surface area contributed by atoms with Crippen LogP contribution in [0.15, 0.2) is 10.5 Å². The lowest BCUT2D eigenvalue weighted by atomic mass is 10.2. The molecule has 0 saturated carbocycles. The summed E-state index contributed by atoms with van der Waals surface area (Å²) in [7, 11) is 0. The standard InChI is InChI=1S/C14H15BrFNO2S/c1-7-5-8-13(11(15)12(7)16)17-9(20-8)6-10(18)19-14(2,3)4/h5H,6H2,1-4H3. The summed E-state index contributed by atoms with van der Waals surface area (Å²) < 4.78 is 20.2. The monoisotopic (exact) mass is 359 g/mol. The number of hydrogen-bond donors (Lipinski definition) is 0. The molecule has 108 valence electrons. The van der Waals surface area contributed by atoms with Gasteiger partial charge in [0.15, 0.2) is 0 Å². The molecule has 0 radical (unpaired) electrons. The number of carbonyl (C=O) groups excluding carboxylic acids is 1. The quantitative estimate of drug-likeness (QED) is 0.746. The van der Waals surface area contributed by atoms with E-state index < -0.39 is 5.60 Å². The van der Waals surface area contributed by atoms with E-state index in [2.05, 4.69) is 20.9 Å². The van der Waals surface area contributed by atoms with Gasteiger partial charge in [-0.25, -0.2) is 9.37 Å². The molecule has 0 aliphatic heterocycles. The number of esters is 1. The molecule has 6 heteroatoms. The van der Waals surface area contributed by atoms with Crippen LogP contribution in [0.2, 0.25) is 0 Å². The van der Waals surface area contributed by atoms with Gasteiger partial charge in [-0.3, -0.25) is 4.79 Å². The summed E-state index contributed by atoms with van der Waals surface area (Å²) in [4.78, 5) is 16.1. The Morgan fingerprint density at radius 3 is 2.75 bits per heavy atom. The molecule has 0 atom stereocenters. The molecule has 20 heavy (non-hydrogen) atoms. The van der Waals surface area contributed by atoms with Gasteiger partial charge in [-0.15, -0.1) is 11.3 Å². The van der Waals surface area contributed by atoms with Gasteiger partial charge in [-0.05, 0) is 55.3 Å². The summed E-state index contributed by atoms with van der Waals surface area (Å²) in [5.41, 5.74) is 0.588. The lowest BCUT2D eigenvalue weighted by Crippen LogP contribution is -2.24. The summed E-state index contributed by atoms with van der Waals surface area (Å²) in [6.45, 7) is 7.16. The highest BCUT2D eigenvalue weighted by Gasteiger charge is 2.19. The topological polar surface area (TPSA) is 39.2 Å². The molecule has 1 aromatic carbocycles. The highest BCUT2D eigenvalue weighted by atomic mass is 79.9. The van der Waals surface area contributed by atoms with Crippen molar-refractivity contribution in [3.05, 3.63) is 26.9 Å². The minimum Gasteiger partial charge on any atom is -0.460 e. The molecule has 1 aromatic heterocycles. The van der Waals surface area contributed by atoms with Crippen molar-refractivity contribution < 1.29 is 13.9 Å². The molecular weight excluding hydrogens is 345 g/mol. The van der Waals surface area contributed by atoms with Gasteiger partial charge in [-0.2, -0.15) is 0 Å². The first-order chi connectivity index (χ1) is 9.17. The van der Waals surface area contributed by atoms with Crippen molar-refractivity contribution in [2.45, 2.75) is 39.7 Å². The number of hydrogen-bond acceptors (Lipinski definition) is 4. The Balaban J connectivity index is 2.29. The maximum Gasteiger partial charge on any atom is 0.313 e. The zero-order chi connectivity index (χ0) is 15.1. The predicted octanol–water partition coefficient (Wildman–Crippen LogP) is 4.39. The fraction of sp³-hybridized carbons (Fsp3) is 0.429. The molecule has 0 aliphatic rings. The third kappa shape index (κ3) is 3.35. The number of fused-ring (bicyclic) bond motifs is 1. The molecular formula is C14H15BrFNO2S. The van der Waals surface area contributed by atoms with Crippen molar-refractivity contribution in [3.63, 3.8) is 0 Å². The summed E-state index contributed by atoms with van der Waals surface area (Å²) in [6, 6.07) is 1.74. The van der Waals surface area contributed by atoms with Crippen molar-refractivity contribution in [2.75, 3.05) is 0 Å². The molecule has 0 spiro atoms. The van der Waals surface area contributed by atoms with Crippen molar-refractivity contribution in [1.29, 1.82) is 0 Å². The van der Waals surface area contributed by atoms with E-state index in [1.807, 2.05) is 20.8 Å². The van der Waals surface area contributed by atoms with Crippen LogP contribution in [0, 0.1) is 12.7 Å². The Labute approximate surface area is 129 Å². The average Bonchev–Trinajstić information content (AvgIpc) is 2.66. The van der Waals surface area contributed by atoms with Crippen LogP contribution in [0.25, 0.3) is 10.2 Å². The smallest absolute Gasteiger partial charge is 0.313 e. The molecule has 0 amide bonds. The zero-order valence-electron chi connectivity index (χ0n) is 11.7. The van der Waals surface area contributed by atoms with Crippen molar-refractivity contribution in [1.82, 2.24) is 4.98 Å². The summed E-state index contributed by atoms with van der Waals surface area (Å²) in [6.07, 6.45) is 0.101. The number of aromatic nitrogens is 1. The first-order valence-electron chi connectivity index (χ1n) is 6.13. The SMILES string of the molecule is Cc1cc2sc(CC(=O)OC(C)(C)C)nc2c(Br)c1F. The van der Waals surface area contributed by atoms with Gasteiger partial charge in [0, 0.05) is 0 Å². The largest absolute Gasteiger partial charge is 0.460 e. The summed E-state index contributed by atoms with van der Waals surface area (Å²) >= 11 is 4.59. The number of nitrogens with zero attached hydrogens (tertiary/aromatic N) is 1. The molecule has 0 fully saturated rings. The molecule has 0 N–H and O–H groups in total. The first-order valence-corrected chi connectivity index (χ1v) is 7.74. The lowest BCUT2D eigenvalue weighted by Gasteiger charge is -2.18. The molecule has 0 unspecified atom stereocenters. The Bertz CT molecular complexity index is 676. The van der Waals surface area contributed by atoms with E-state index in [1.54, 1.807) is 13.0 Å². The van der Waals surface area contributed by atoms with Crippen LogP contribution in [-0.2, 0) is 16.0 Å². The number of carbonyl (C=O) groups is 1. The summed E-state index contributed by atoms with van der Waals surface area (Å²) in [5, 5.41) is 0.625. The molecule has 1 heterocycles. The molecule has 0 aliphatic carbocycles. The Morgan fingerprint density at radius 2 is 2.15 bits per heavy atom. The molecule has 2 rings (SSSR count). The van der Waals surface area contributed by atoms with Crippen LogP contribution in [0.1, 0.15) is 31.3 Å². The van der Waals surface area contributed by atoms with E-state index in [0.717, 1.165) is 4.70 Å². The number of benzene rings is 1. The van der Waals surface area contributed by atoms with Crippen molar-refractivity contribution in [2.24, 2.45) is 0 Å². The highest BCUT2D eigenvalue weighted by Crippen LogP contribution is 2.32. The second-order valence-electron chi connectivity index (χ2n) is 5.54. The van der Waals surface area contributed by atoms with E-state index >= 15 is 0 Å². The van der Waals surface area contributed by atoms with E-state index in [-0.39, 0.29) is 18.2 Å². The zero-order valence-corrected chi connectivity index (χ0v) is 14.1. The number of thiazole rings is 1. The highest BCUT2D eigenvalue weighted by molar-refractivity contribution is 9.10. The molecule has 2 aromatic rings. The lowest BCUT2D eigenvalue weighted by molar-refractivity contribution is -0.153. The molecule has 0 saturated heterocycles. The van der Waals surface area contributed by atoms with Gasteiger partial charge < -0.3 is 4.74 Å². The fourth-order valence-electron chi connectivity index (χ4n) is 1.75. The van der Waals surface area contributed by atoms with Crippen molar-refractivity contribution >= 4 is 43.5 Å². The number of aryl methyl sites for hydroxylation is 1. The van der Waals surface area contributed by atoms with Gasteiger partial charge >= 0.3 is 5.97 Å². The predicted molar refractivity (Wildman–Crippen MR) is 81.6 cm³/mol. The van der Waals surface area contributed by atoms with Crippen LogP contribution in [-0.4, -0.2) is 16.6 Å². The van der Waals surface area contributed by atoms with E-state index in [4.69, 9.17) is 4.74 Å². The minimum atomic E-state index is -0.517. The number of halogens is 2. The fourth-order valence-corrected chi connectivity index (χ4v) is 3.55. The van der Waals surface area contributed by atoms with E-state index in [1.165, 1.54) is 11.3 Å². The third-order valence-electron chi connectivity index (χ3n) is 2.51. The average molecular weight is 360 g/mol. The maximum atomic E-state index is 13.8. The maximum absolute atomic E-state index is 13.8. The van der Waals surface area contributed by atoms with Crippen molar-refractivity contribution in [3.8, 4) is 0 Å². The van der Waals surface area contributed by atoms with Crippen LogP contribution in [0.5, 0.6) is 0 Å². The van der Waals surface area contributed by atoms with Crippen LogP contribution < -0.4 is 0 Å². The van der Waals surface area contributed by atoms with Gasteiger partial charge in [0.1, 0.15) is 16.4 Å². The van der Waals surface area contributed by atoms with E-state index in [0.29, 0.717) is 20.6 Å². The minimum absolute atomic E-state index is 0.101. The van der Waals surface area contributed by atoms with Gasteiger partial charge in [0.2, 0.25) is 0 Å². The Morgan fingerprint density at radius 1 is 1.50 bits per heavy atom. The Kier molecular flexibility index (Phi) is 4.16. The molecule has 3 nitrogen and oxygen atoms in total. The number of rotatable bonds is 2. The van der Waals surface area contributed by atoms with Crippen LogP contribution in [0.3, 0.4) is 0 Å². The molecule has 0 bridgehead atoms.